The van der Waals surface area contributed by atoms with E-state index in [9.17, 15) is 4.79 Å². The standard InChI is InChI=1S/C14H13N3O/c1-9-4-5-12(10(2)6-9)13-7-11(8-15)14(18)17(3)16-13/h4-7H,1-3H3. The van der Waals surface area contributed by atoms with Crippen molar-refractivity contribution in [1.29, 1.82) is 5.26 Å². The van der Waals surface area contributed by atoms with Crippen molar-refractivity contribution < 1.29 is 0 Å². The van der Waals surface area contributed by atoms with Crippen LogP contribution in [0.1, 0.15) is 16.7 Å². The SMILES string of the molecule is Cc1ccc(-c2cc(C#N)c(=O)n(C)n2)c(C)c1. The summed E-state index contributed by atoms with van der Waals surface area (Å²) in [5.74, 6) is 0. The van der Waals surface area contributed by atoms with Gasteiger partial charge in [0.05, 0.1) is 5.69 Å². The maximum Gasteiger partial charge on any atom is 0.284 e. The summed E-state index contributed by atoms with van der Waals surface area (Å²) < 4.78 is 1.20. The maximum absolute atomic E-state index is 11.6. The molecule has 0 fully saturated rings. The van der Waals surface area contributed by atoms with Crippen molar-refractivity contribution in [1.82, 2.24) is 9.78 Å². The van der Waals surface area contributed by atoms with Gasteiger partial charge in [0, 0.05) is 12.6 Å². The van der Waals surface area contributed by atoms with E-state index >= 15 is 0 Å². The molecule has 90 valence electrons. The van der Waals surface area contributed by atoms with Crippen molar-refractivity contribution in [2.75, 3.05) is 0 Å². The van der Waals surface area contributed by atoms with Gasteiger partial charge >= 0.3 is 0 Å². The first-order valence-corrected chi connectivity index (χ1v) is 5.59. The van der Waals surface area contributed by atoms with E-state index in [0.29, 0.717) is 5.69 Å². The third-order valence-electron chi connectivity index (χ3n) is 2.84. The first-order chi connectivity index (χ1) is 8.52. The molecular formula is C14H13N3O. The summed E-state index contributed by atoms with van der Waals surface area (Å²) in [5.41, 5.74) is 3.57. The van der Waals surface area contributed by atoms with E-state index in [0.717, 1.165) is 11.1 Å². The van der Waals surface area contributed by atoms with Crippen LogP contribution < -0.4 is 5.56 Å². The molecule has 0 unspecified atom stereocenters. The summed E-state index contributed by atoms with van der Waals surface area (Å²) in [6, 6.07) is 9.44. The Hall–Kier alpha value is -2.41. The number of hydrogen-bond acceptors (Lipinski definition) is 3. The molecule has 1 aromatic carbocycles. The van der Waals surface area contributed by atoms with Gasteiger partial charge in [0.15, 0.2) is 0 Å². The van der Waals surface area contributed by atoms with Gasteiger partial charge in [-0.05, 0) is 25.5 Å². The molecule has 0 radical (unpaired) electrons. The Balaban J connectivity index is 2.69. The highest BCUT2D eigenvalue weighted by atomic mass is 16.1. The lowest BCUT2D eigenvalue weighted by molar-refractivity contribution is 0.709. The lowest BCUT2D eigenvalue weighted by Gasteiger charge is -2.07. The van der Waals surface area contributed by atoms with Gasteiger partial charge in [-0.2, -0.15) is 10.4 Å². The fraction of sp³-hybridized carbons (Fsp3) is 0.214. The number of nitriles is 1. The molecule has 4 nitrogen and oxygen atoms in total. The Bertz CT molecular complexity index is 708. The predicted molar refractivity (Wildman–Crippen MR) is 69.1 cm³/mol. The van der Waals surface area contributed by atoms with Crippen molar-refractivity contribution in [3.05, 3.63) is 51.3 Å². The Labute approximate surface area is 105 Å². The zero-order valence-corrected chi connectivity index (χ0v) is 10.6. The fourth-order valence-corrected chi connectivity index (χ4v) is 1.92. The van der Waals surface area contributed by atoms with Gasteiger partial charge in [0.25, 0.3) is 5.56 Å². The predicted octanol–water partition coefficient (Wildman–Crippen LogP) is 1.94. The van der Waals surface area contributed by atoms with Crippen LogP contribution in [-0.4, -0.2) is 9.78 Å². The monoisotopic (exact) mass is 239 g/mol. The van der Waals surface area contributed by atoms with Crippen LogP contribution in [0.5, 0.6) is 0 Å². The second-order valence-corrected chi connectivity index (χ2v) is 4.30. The van der Waals surface area contributed by atoms with E-state index in [1.807, 2.05) is 38.1 Å². The average molecular weight is 239 g/mol. The van der Waals surface area contributed by atoms with Gasteiger partial charge in [-0.15, -0.1) is 0 Å². The molecule has 0 saturated carbocycles. The number of aryl methyl sites for hydroxylation is 3. The topological polar surface area (TPSA) is 58.7 Å². The van der Waals surface area contributed by atoms with Crippen molar-refractivity contribution in [3.8, 4) is 17.3 Å². The summed E-state index contributed by atoms with van der Waals surface area (Å²) in [4.78, 5) is 11.6. The molecule has 0 aliphatic heterocycles. The van der Waals surface area contributed by atoms with E-state index in [1.165, 1.54) is 10.2 Å². The molecule has 4 heteroatoms. The molecule has 0 amide bonds. The van der Waals surface area contributed by atoms with E-state index < -0.39 is 0 Å². The van der Waals surface area contributed by atoms with Crippen LogP contribution in [0.25, 0.3) is 11.3 Å². The molecule has 2 aromatic rings. The normalized spacial score (nSPS) is 10.1. The number of hydrogen-bond donors (Lipinski definition) is 0. The molecule has 0 bridgehead atoms. The quantitative estimate of drug-likeness (QED) is 0.764. The fourth-order valence-electron chi connectivity index (χ4n) is 1.92. The highest BCUT2D eigenvalue weighted by Crippen LogP contribution is 2.21. The van der Waals surface area contributed by atoms with Gasteiger partial charge < -0.3 is 0 Å². The van der Waals surface area contributed by atoms with E-state index in [-0.39, 0.29) is 11.1 Å². The first kappa shape index (κ1) is 12.1. The lowest BCUT2D eigenvalue weighted by atomic mass is 10.0. The van der Waals surface area contributed by atoms with Crippen LogP contribution in [0, 0.1) is 25.2 Å². The summed E-state index contributed by atoms with van der Waals surface area (Å²) in [6.07, 6.45) is 0. The van der Waals surface area contributed by atoms with Gasteiger partial charge in [0.1, 0.15) is 11.6 Å². The number of nitrogens with zero attached hydrogens (tertiary/aromatic N) is 3. The molecule has 18 heavy (non-hydrogen) atoms. The molecule has 2 rings (SSSR count). The van der Waals surface area contributed by atoms with Crippen LogP contribution in [0.4, 0.5) is 0 Å². The summed E-state index contributed by atoms with van der Waals surface area (Å²) in [7, 11) is 1.55. The number of aromatic nitrogens is 2. The molecule has 0 atom stereocenters. The molecule has 0 spiro atoms. The average Bonchev–Trinajstić information content (AvgIpc) is 2.32. The highest BCUT2D eigenvalue weighted by Gasteiger charge is 2.09. The third kappa shape index (κ3) is 2.03. The summed E-state index contributed by atoms with van der Waals surface area (Å²) in [5, 5.41) is 13.1. The smallest absolute Gasteiger partial charge is 0.266 e. The zero-order valence-electron chi connectivity index (χ0n) is 10.6. The molecular weight excluding hydrogens is 226 g/mol. The second-order valence-electron chi connectivity index (χ2n) is 4.30. The Morgan fingerprint density at radius 3 is 2.61 bits per heavy atom. The summed E-state index contributed by atoms with van der Waals surface area (Å²) >= 11 is 0. The molecule has 0 saturated heterocycles. The lowest BCUT2D eigenvalue weighted by Crippen LogP contribution is -2.22. The highest BCUT2D eigenvalue weighted by molar-refractivity contribution is 5.64. The van der Waals surface area contributed by atoms with Crippen LogP contribution in [0.15, 0.2) is 29.1 Å². The van der Waals surface area contributed by atoms with Gasteiger partial charge in [-0.3, -0.25) is 4.79 Å². The van der Waals surface area contributed by atoms with Crippen LogP contribution in [-0.2, 0) is 7.05 Å². The van der Waals surface area contributed by atoms with Crippen molar-refractivity contribution in [2.24, 2.45) is 7.05 Å². The summed E-state index contributed by atoms with van der Waals surface area (Å²) in [6.45, 7) is 4.01. The first-order valence-electron chi connectivity index (χ1n) is 5.59. The number of benzene rings is 1. The van der Waals surface area contributed by atoms with Gasteiger partial charge in [-0.1, -0.05) is 23.8 Å². The van der Waals surface area contributed by atoms with Crippen LogP contribution in [0.3, 0.4) is 0 Å². The minimum atomic E-state index is -0.369. The maximum atomic E-state index is 11.6. The minimum Gasteiger partial charge on any atom is -0.266 e. The van der Waals surface area contributed by atoms with E-state index in [1.54, 1.807) is 13.1 Å². The molecule has 1 aromatic heterocycles. The largest absolute Gasteiger partial charge is 0.284 e. The zero-order chi connectivity index (χ0) is 13.3. The van der Waals surface area contributed by atoms with E-state index in [4.69, 9.17) is 5.26 Å². The van der Waals surface area contributed by atoms with Crippen LogP contribution in [0.2, 0.25) is 0 Å². The van der Waals surface area contributed by atoms with Crippen molar-refractivity contribution >= 4 is 0 Å². The third-order valence-corrected chi connectivity index (χ3v) is 2.84. The number of rotatable bonds is 1. The Morgan fingerprint density at radius 1 is 1.28 bits per heavy atom. The second kappa shape index (κ2) is 4.46. The van der Waals surface area contributed by atoms with Crippen molar-refractivity contribution in [3.63, 3.8) is 0 Å². The van der Waals surface area contributed by atoms with Gasteiger partial charge in [-0.25, -0.2) is 4.68 Å². The van der Waals surface area contributed by atoms with Crippen molar-refractivity contribution in [2.45, 2.75) is 13.8 Å². The molecule has 1 heterocycles. The Kier molecular flexibility index (Phi) is 2.99. The molecule has 0 aliphatic rings. The minimum absolute atomic E-state index is 0.113. The van der Waals surface area contributed by atoms with Crippen LogP contribution >= 0.6 is 0 Å². The van der Waals surface area contributed by atoms with Gasteiger partial charge in [0.2, 0.25) is 0 Å². The molecule has 0 N–H and O–H groups in total. The Morgan fingerprint density at radius 2 is 2.00 bits per heavy atom. The molecule has 0 aliphatic carbocycles. The van der Waals surface area contributed by atoms with E-state index in [2.05, 4.69) is 5.10 Å².